The van der Waals surface area contributed by atoms with E-state index in [0.717, 1.165) is 6.61 Å². The van der Waals surface area contributed by atoms with Gasteiger partial charge in [-0.15, -0.1) is 0 Å². The second kappa shape index (κ2) is 2.46. The Morgan fingerprint density at radius 2 is 1.92 bits per heavy atom. The third kappa shape index (κ3) is 0.882. The minimum absolute atomic E-state index is 0.203. The highest BCUT2D eigenvalue weighted by molar-refractivity contribution is 5.11. The summed E-state index contributed by atoms with van der Waals surface area (Å²) in [7, 11) is 0. The lowest BCUT2D eigenvalue weighted by atomic mass is 9.83. The van der Waals surface area contributed by atoms with Crippen molar-refractivity contribution in [1.82, 2.24) is 0 Å². The van der Waals surface area contributed by atoms with Crippen LogP contribution in [0.15, 0.2) is 0 Å². The van der Waals surface area contributed by atoms with Crippen LogP contribution in [-0.2, 0) is 9.47 Å². The standard InChI is InChI=1S/C10H16O2/c1-2-7-11-8-4-3-5-9-10(8,6-1)12-9/h8-9H,1-7H2/t8-,9?,10+/m0/s1. The molecule has 0 aromatic rings. The van der Waals surface area contributed by atoms with Crippen molar-refractivity contribution in [1.29, 1.82) is 0 Å². The number of hydrogen-bond acceptors (Lipinski definition) is 2. The average molecular weight is 168 g/mol. The molecule has 0 aromatic heterocycles. The Hall–Kier alpha value is -0.0800. The Balaban J connectivity index is 1.82. The molecular formula is C10H16O2. The molecule has 0 amide bonds. The lowest BCUT2D eigenvalue weighted by molar-refractivity contribution is 0.0000874. The maximum absolute atomic E-state index is 5.83. The fourth-order valence-electron chi connectivity index (χ4n) is 2.88. The quantitative estimate of drug-likeness (QED) is 0.515. The van der Waals surface area contributed by atoms with Gasteiger partial charge < -0.3 is 9.47 Å². The van der Waals surface area contributed by atoms with E-state index in [0.29, 0.717) is 12.2 Å². The zero-order valence-corrected chi connectivity index (χ0v) is 7.42. The molecule has 68 valence electrons. The Morgan fingerprint density at radius 3 is 2.92 bits per heavy atom. The summed E-state index contributed by atoms with van der Waals surface area (Å²) in [5.74, 6) is 0. The Morgan fingerprint density at radius 1 is 1.00 bits per heavy atom. The maximum atomic E-state index is 5.83. The summed E-state index contributed by atoms with van der Waals surface area (Å²) >= 11 is 0. The molecular weight excluding hydrogens is 152 g/mol. The van der Waals surface area contributed by atoms with Crippen molar-refractivity contribution in [3.8, 4) is 0 Å². The second-order valence-corrected chi connectivity index (χ2v) is 4.31. The van der Waals surface area contributed by atoms with E-state index in [9.17, 15) is 0 Å². The average Bonchev–Trinajstić information content (AvgIpc) is 2.79. The van der Waals surface area contributed by atoms with E-state index in [2.05, 4.69) is 0 Å². The van der Waals surface area contributed by atoms with Gasteiger partial charge in [0.2, 0.25) is 0 Å². The van der Waals surface area contributed by atoms with Gasteiger partial charge in [-0.25, -0.2) is 0 Å². The smallest absolute Gasteiger partial charge is 0.121 e. The van der Waals surface area contributed by atoms with Crippen LogP contribution >= 0.6 is 0 Å². The van der Waals surface area contributed by atoms with Crippen molar-refractivity contribution in [2.45, 2.75) is 56.3 Å². The summed E-state index contributed by atoms with van der Waals surface area (Å²) in [5, 5.41) is 0. The van der Waals surface area contributed by atoms with Gasteiger partial charge in [0.15, 0.2) is 0 Å². The van der Waals surface area contributed by atoms with Gasteiger partial charge in [0.25, 0.3) is 0 Å². The second-order valence-electron chi connectivity index (χ2n) is 4.31. The normalized spacial score (nSPS) is 52.0. The monoisotopic (exact) mass is 168 g/mol. The molecule has 3 atom stereocenters. The number of hydrogen-bond donors (Lipinski definition) is 0. The Labute approximate surface area is 73.2 Å². The Kier molecular flexibility index (Phi) is 1.50. The molecule has 1 saturated carbocycles. The van der Waals surface area contributed by atoms with Crippen LogP contribution in [0.4, 0.5) is 0 Å². The zero-order valence-electron chi connectivity index (χ0n) is 7.42. The van der Waals surface area contributed by atoms with Gasteiger partial charge in [-0.05, 0) is 38.5 Å². The fourth-order valence-corrected chi connectivity index (χ4v) is 2.88. The van der Waals surface area contributed by atoms with Gasteiger partial charge in [0.1, 0.15) is 5.60 Å². The van der Waals surface area contributed by atoms with E-state index in [-0.39, 0.29) is 5.60 Å². The molecule has 0 radical (unpaired) electrons. The van der Waals surface area contributed by atoms with Gasteiger partial charge in [0.05, 0.1) is 12.2 Å². The van der Waals surface area contributed by atoms with Gasteiger partial charge in [0, 0.05) is 6.61 Å². The highest BCUT2D eigenvalue weighted by Gasteiger charge is 2.63. The van der Waals surface area contributed by atoms with E-state index < -0.39 is 0 Å². The van der Waals surface area contributed by atoms with Crippen molar-refractivity contribution < 1.29 is 9.47 Å². The first kappa shape index (κ1) is 7.34. The van der Waals surface area contributed by atoms with E-state index in [1.54, 1.807) is 0 Å². The summed E-state index contributed by atoms with van der Waals surface area (Å²) < 4.78 is 11.7. The Bertz CT molecular complexity index is 192. The first-order valence-corrected chi connectivity index (χ1v) is 5.21. The summed E-state index contributed by atoms with van der Waals surface area (Å²) in [5.41, 5.74) is 0.203. The number of ether oxygens (including phenoxy) is 2. The van der Waals surface area contributed by atoms with Gasteiger partial charge in [-0.3, -0.25) is 0 Å². The molecule has 1 aliphatic carbocycles. The summed E-state index contributed by atoms with van der Waals surface area (Å²) in [6.07, 6.45) is 8.60. The highest BCUT2D eigenvalue weighted by Crippen LogP contribution is 2.53. The number of rotatable bonds is 0. The fraction of sp³-hybridized carbons (Fsp3) is 1.00. The SMILES string of the molecule is C1CC[C@]23OC2CCC[C@@H]3OC1. The lowest BCUT2D eigenvalue weighted by Crippen LogP contribution is -2.36. The van der Waals surface area contributed by atoms with Crippen molar-refractivity contribution in [3.63, 3.8) is 0 Å². The van der Waals surface area contributed by atoms with Crippen LogP contribution in [0.1, 0.15) is 38.5 Å². The van der Waals surface area contributed by atoms with Crippen molar-refractivity contribution in [2.75, 3.05) is 6.61 Å². The zero-order chi connectivity index (χ0) is 8.02. The highest BCUT2D eigenvalue weighted by atomic mass is 16.6. The minimum atomic E-state index is 0.203. The molecule has 3 fully saturated rings. The number of epoxide rings is 1. The molecule has 2 aliphatic heterocycles. The van der Waals surface area contributed by atoms with Crippen LogP contribution in [0.2, 0.25) is 0 Å². The predicted octanol–water partition coefficient (Wildman–Crippen LogP) is 1.88. The molecule has 3 rings (SSSR count). The molecule has 3 aliphatic rings. The molecule has 0 bridgehead atoms. The molecule has 0 N–H and O–H groups in total. The predicted molar refractivity (Wildman–Crippen MR) is 45.0 cm³/mol. The van der Waals surface area contributed by atoms with E-state index in [4.69, 9.17) is 9.47 Å². The summed E-state index contributed by atoms with van der Waals surface area (Å²) in [6.45, 7) is 0.961. The summed E-state index contributed by atoms with van der Waals surface area (Å²) in [4.78, 5) is 0. The molecule has 2 heterocycles. The first-order valence-electron chi connectivity index (χ1n) is 5.21. The van der Waals surface area contributed by atoms with E-state index >= 15 is 0 Å². The van der Waals surface area contributed by atoms with Crippen molar-refractivity contribution in [3.05, 3.63) is 0 Å². The molecule has 2 saturated heterocycles. The third-order valence-electron chi connectivity index (χ3n) is 3.61. The van der Waals surface area contributed by atoms with E-state index in [1.165, 1.54) is 38.5 Å². The molecule has 0 aromatic carbocycles. The molecule has 2 heteroatoms. The summed E-state index contributed by atoms with van der Waals surface area (Å²) in [6, 6.07) is 0. The van der Waals surface area contributed by atoms with Crippen LogP contribution in [0, 0.1) is 0 Å². The van der Waals surface area contributed by atoms with Crippen LogP contribution in [0.3, 0.4) is 0 Å². The van der Waals surface area contributed by atoms with Crippen LogP contribution in [0.5, 0.6) is 0 Å². The van der Waals surface area contributed by atoms with Gasteiger partial charge in [-0.2, -0.15) is 0 Å². The molecule has 1 spiro atoms. The largest absolute Gasteiger partial charge is 0.375 e. The molecule has 12 heavy (non-hydrogen) atoms. The van der Waals surface area contributed by atoms with Crippen molar-refractivity contribution in [2.24, 2.45) is 0 Å². The van der Waals surface area contributed by atoms with Gasteiger partial charge in [-0.1, -0.05) is 0 Å². The molecule has 1 unspecified atom stereocenters. The first-order chi connectivity index (χ1) is 5.92. The maximum Gasteiger partial charge on any atom is 0.121 e. The molecule has 2 nitrogen and oxygen atoms in total. The van der Waals surface area contributed by atoms with Gasteiger partial charge >= 0.3 is 0 Å². The third-order valence-corrected chi connectivity index (χ3v) is 3.61. The lowest BCUT2D eigenvalue weighted by Gasteiger charge is -2.25. The minimum Gasteiger partial charge on any atom is -0.375 e. The van der Waals surface area contributed by atoms with E-state index in [1.807, 2.05) is 0 Å². The van der Waals surface area contributed by atoms with Crippen LogP contribution in [-0.4, -0.2) is 24.4 Å². The topological polar surface area (TPSA) is 21.8 Å². The van der Waals surface area contributed by atoms with Crippen LogP contribution in [0.25, 0.3) is 0 Å². The van der Waals surface area contributed by atoms with Crippen LogP contribution < -0.4 is 0 Å². The van der Waals surface area contributed by atoms with Crippen molar-refractivity contribution >= 4 is 0 Å².